The van der Waals surface area contributed by atoms with Crippen molar-refractivity contribution >= 4 is 39.4 Å². The van der Waals surface area contributed by atoms with Gasteiger partial charge in [-0.3, -0.25) is 20.1 Å². The van der Waals surface area contributed by atoms with Crippen LogP contribution in [0.15, 0.2) is 60.2 Å². The summed E-state index contributed by atoms with van der Waals surface area (Å²) in [5.41, 5.74) is 2.52. The molecule has 0 bridgehead atoms. The Morgan fingerprint density at radius 3 is 2.67 bits per heavy atom. The summed E-state index contributed by atoms with van der Waals surface area (Å²) in [7, 11) is 0. The summed E-state index contributed by atoms with van der Waals surface area (Å²) in [5.74, 6) is -1.53. The normalized spacial score (nSPS) is 11.8. The SMILES string of the molecule is CC(OC(=O)c1cccc2nccnc12)C(=O)Nc1nc(-c2ccc(F)cc2)cs1. The smallest absolute Gasteiger partial charge is 0.341 e. The van der Waals surface area contributed by atoms with Crippen molar-refractivity contribution < 1.29 is 18.7 Å². The van der Waals surface area contributed by atoms with Gasteiger partial charge in [-0.2, -0.15) is 0 Å². The van der Waals surface area contributed by atoms with Crippen molar-refractivity contribution in [1.82, 2.24) is 15.0 Å². The van der Waals surface area contributed by atoms with Gasteiger partial charge in [0.05, 0.1) is 16.8 Å². The minimum atomic E-state index is -1.05. The van der Waals surface area contributed by atoms with E-state index in [2.05, 4.69) is 20.3 Å². The average molecular weight is 422 g/mol. The van der Waals surface area contributed by atoms with Gasteiger partial charge >= 0.3 is 5.97 Å². The molecule has 1 amide bonds. The van der Waals surface area contributed by atoms with Crippen LogP contribution in [-0.4, -0.2) is 32.9 Å². The zero-order valence-corrected chi connectivity index (χ0v) is 16.5. The molecule has 0 saturated carbocycles. The van der Waals surface area contributed by atoms with E-state index in [0.29, 0.717) is 21.9 Å². The number of ether oxygens (including phenoxy) is 1. The second kappa shape index (κ2) is 8.34. The molecule has 0 saturated heterocycles. The van der Waals surface area contributed by atoms with E-state index in [1.165, 1.54) is 42.8 Å². The first-order valence-electron chi connectivity index (χ1n) is 8.94. The van der Waals surface area contributed by atoms with Crippen molar-refractivity contribution in [3.63, 3.8) is 0 Å². The van der Waals surface area contributed by atoms with Gasteiger partial charge in [0.1, 0.15) is 11.3 Å². The molecule has 2 aromatic heterocycles. The number of hydrogen-bond donors (Lipinski definition) is 1. The maximum Gasteiger partial charge on any atom is 0.341 e. The van der Waals surface area contributed by atoms with Crippen molar-refractivity contribution in [3.05, 3.63) is 71.6 Å². The number of fused-ring (bicyclic) bond motifs is 1. The van der Waals surface area contributed by atoms with Crippen LogP contribution in [-0.2, 0) is 9.53 Å². The summed E-state index contributed by atoms with van der Waals surface area (Å²) < 4.78 is 18.4. The Hall–Kier alpha value is -3.72. The number of thiazole rings is 1. The van der Waals surface area contributed by atoms with Crippen LogP contribution in [0.5, 0.6) is 0 Å². The van der Waals surface area contributed by atoms with E-state index in [1.54, 1.807) is 35.7 Å². The summed E-state index contributed by atoms with van der Waals surface area (Å²) in [6.07, 6.45) is 1.96. The molecule has 1 unspecified atom stereocenters. The number of nitrogens with zero attached hydrogens (tertiary/aromatic N) is 3. The number of esters is 1. The van der Waals surface area contributed by atoms with E-state index >= 15 is 0 Å². The van der Waals surface area contributed by atoms with Crippen LogP contribution in [0.3, 0.4) is 0 Å². The molecule has 1 atom stereocenters. The highest BCUT2D eigenvalue weighted by Gasteiger charge is 2.22. The van der Waals surface area contributed by atoms with E-state index in [1.807, 2.05) is 0 Å². The summed E-state index contributed by atoms with van der Waals surface area (Å²) in [5, 5.41) is 4.72. The van der Waals surface area contributed by atoms with E-state index in [9.17, 15) is 14.0 Å². The van der Waals surface area contributed by atoms with Gasteiger partial charge in [0.2, 0.25) is 0 Å². The summed E-state index contributed by atoms with van der Waals surface area (Å²) in [6.45, 7) is 1.47. The summed E-state index contributed by atoms with van der Waals surface area (Å²) >= 11 is 1.22. The topological polar surface area (TPSA) is 94.1 Å². The molecule has 9 heteroatoms. The molecule has 4 aromatic rings. The van der Waals surface area contributed by atoms with Crippen molar-refractivity contribution in [2.45, 2.75) is 13.0 Å². The van der Waals surface area contributed by atoms with Gasteiger partial charge in [0.25, 0.3) is 5.91 Å². The molecule has 0 radical (unpaired) electrons. The Balaban J connectivity index is 1.43. The predicted octanol–water partition coefficient (Wildman–Crippen LogP) is 4.08. The van der Waals surface area contributed by atoms with Gasteiger partial charge in [0.15, 0.2) is 11.2 Å². The van der Waals surface area contributed by atoms with Gasteiger partial charge in [-0.25, -0.2) is 14.2 Å². The van der Waals surface area contributed by atoms with Crippen LogP contribution in [0.4, 0.5) is 9.52 Å². The highest BCUT2D eigenvalue weighted by Crippen LogP contribution is 2.25. The van der Waals surface area contributed by atoms with Gasteiger partial charge in [-0.1, -0.05) is 6.07 Å². The molecule has 2 aromatic carbocycles. The van der Waals surface area contributed by atoms with Gasteiger partial charge in [-0.15, -0.1) is 11.3 Å². The molecule has 0 aliphatic rings. The van der Waals surface area contributed by atoms with Crippen molar-refractivity contribution in [1.29, 1.82) is 0 Å². The van der Waals surface area contributed by atoms with Crippen LogP contribution >= 0.6 is 11.3 Å². The molecule has 4 rings (SSSR count). The number of amides is 1. The minimum absolute atomic E-state index is 0.230. The van der Waals surface area contributed by atoms with Crippen LogP contribution in [0, 0.1) is 5.82 Å². The fraction of sp³-hybridized carbons (Fsp3) is 0.0952. The number of carbonyl (C=O) groups is 2. The fourth-order valence-corrected chi connectivity index (χ4v) is 3.45. The van der Waals surface area contributed by atoms with Crippen LogP contribution in [0.1, 0.15) is 17.3 Å². The van der Waals surface area contributed by atoms with Crippen molar-refractivity contribution in [2.75, 3.05) is 5.32 Å². The largest absolute Gasteiger partial charge is 0.449 e. The molecule has 7 nitrogen and oxygen atoms in total. The predicted molar refractivity (Wildman–Crippen MR) is 111 cm³/mol. The van der Waals surface area contributed by atoms with Crippen LogP contribution < -0.4 is 5.32 Å². The third-order valence-corrected chi connectivity index (χ3v) is 5.00. The molecular weight excluding hydrogens is 407 g/mol. The first-order chi connectivity index (χ1) is 14.5. The first-order valence-corrected chi connectivity index (χ1v) is 9.82. The molecule has 0 aliphatic carbocycles. The lowest BCUT2D eigenvalue weighted by Gasteiger charge is -2.13. The van der Waals surface area contributed by atoms with E-state index in [0.717, 1.165) is 5.56 Å². The maximum atomic E-state index is 13.1. The van der Waals surface area contributed by atoms with E-state index in [-0.39, 0.29) is 11.4 Å². The van der Waals surface area contributed by atoms with Crippen molar-refractivity contribution in [3.8, 4) is 11.3 Å². The Labute approximate surface area is 174 Å². The Kier molecular flexibility index (Phi) is 5.44. The zero-order chi connectivity index (χ0) is 21.1. The van der Waals surface area contributed by atoms with Crippen molar-refractivity contribution in [2.24, 2.45) is 0 Å². The van der Waals surface area contributed by atoms with Gasteiger partial charge in [0, 0.05) is 23.3 Å². The number of rotatable bonds is 5. The first kappa shape index (κ1) is 19.6. The average Bonchev–Trinajstić information content (AvgIpc) is 3.22. The highest BCUT2D eigenvalue weighted by atomic mass is 32.1. The lowest BCUT2D eigenvalue weighted by Crippen LogP contribution is -2.30. The molecule has 0 aliphatic heterocycles. The highest BCUT2D eigenvalue weighted by molar-refractivity contribution is 7.14. The quantitative estimate of drug-likeness (QED) is 0.487. The molecule has 0 fully saturated rings. The molecule has 1 N–H and O–H groups in total. The Morgan fingerprint density at radius 2 is 1.87 bits per heavy atom. The fourth-order valence-electron chi connectivity index (χ4n) is 2.73. The monoisotopic (exact) mass is 422 g/mol. The zero-order valence-electron chi connectivity index (χ0n) is 15.7. The lowest BCUT2D eigenvalue weighted by atomic mass is 10.2. The Bertz CT molecular complexity index is 1220. The second-order valence-electron chi connectivity index (χ2n) is 6.31. The number of nitrogens with one attached hydrogen (secondary N) is 1. The summed E-state index contributed by atoms with van der Waals surface area (Å²) in [6, 6.07) is 10.9. The third kappa shape index (κ3) is 4.15. The third-order valence-electron chi connectivity index (χ3n) is 4.25. The number of hydrogen-bond acceptors (Lipinski definition) is 7. The number of carbonyl (C=O) groups excluding carboxylic acids is 2. The van der Waals surface area contributed by atoms with E-state index < -0.39 is 18.0 Å². The number of benzene rings is 2. The van der Waals surface area contributed by atoms with Gasteiger partial charge in [-0.05, 0) is 43.3 Å². The number of halogens is 1. The summed E-state index contributed by atoms with van der Waals surface area (Å²) in [4.78, 5) is 37.6. The lowest BCUT2D eigenvalue weighted by molar-refractivity contribution is -0.123. The molecular formula is C21H15FN4O3S. The molecule has 0 spiro atoms. The molecule has 150 valence electrons. The molecule has 30 heavy (non-hydrogen) atoms. The number of anilines is 1. The molecule has 2 heterocycles. The Morgan fingerprint density at radius 1 is 1.10 bits per heavy atom. The standard InChI is InChI=1S/C21H15FN4O3S/c1-12(29-20(28)15-3-2-4-16-18(15)24-10-9-23-16)19(27)26-21-25-17(11-30-21)13-5-7-14(22)8-6-13/h2-12H,1H3,(H,25,26,27). The van der Waals surface area contributed by atoms with E-state index in [4.69, 9.17) is 4.74 Å². The minimum Gasteiger partial charge on any atom is -0.449 e. The number of para-hydroxylation sites is 1. The number of aromatic nitrogens is 3. The maximum absolute atomic E-state index is 13.1. The van der Waals surface area contributed by atoms with Crippen LogP contribution in [0.2, 0.25) is 0 Å². The second-order valence-corrected chi connectivity index (χ2v) is 7.17. The van der Waals surface area contributed by atoms with Crippen LogP contribution in [0.25, 0.3) is 22.3 Å². The van der Waals surface area contributed by atoms with Gasteiger partial charge < -0.3 is 4.74 Å².